The lowest BCUT2D eigenvalue weighted by atomic mass is 10.1. The average molecular weight is 327 g/mol. The molecule has 9 heteroatoms. The lowest BCUT2D eigenvalue weighted by molar-refractivity contribution is 0.0552. The highest BCUT2D eigenvalue weighted by Gasteiger charge is 2.31. The van der Waals surface area contributed by atoms with Gasteiger partial charge in [0, 0.05) is 39.3 Å². The van der Waals surface area contributed by atoms with Crippen molar-refractivity contribution in [1.82, 2.24) is 24.8 Å². The number of sulfone groups is 1. The maximum atomic E-state index is 12.3. The standard InChI is InChI=1S/C13H21N5O3S/c1-16-10-12(14-15-16)13(19)18-6-4-17(5-7-18)11-2-8-22(20,21)9-3-11/h10-11H,2-9H2,1H3. The number of carbonyl (C=O) groups excluding carboxylic acids is 1. The minimum absolute atomic E-state index is 0.0843. The molecule has 0 aromatic carbocycles. The molecule has 1 aromatic rings. The van der Waals surface area contributed by atoms with Gasteiger partial charge in [0.25, 0.3) is 5.91 Å². The van der Waals surface area contributed by atoms with Crippen molar-refractivity contribution in [2.24, 2.45) is 7.05 Å². The molecule has 0 aliphatic carbocycles. The highest BCUT2D eigenvalue weighted by molar-refractivity contribution is 7.91. The Morgan fingerprint density at radius 1 is 1.18 bits per heavy atom. The number of rotatable bonds is 2. The number of amides is 1. The molecular weight excluding hydrogens is 306 g/mol. The normalized spacial score (nSPS) is 23.6. The fourth-order valence-corrected chi connectivity index (χ4v) is 4.61. The van der Waals surface area contributed by atoms with E-state index >= 15 is 0 Å². The Balaban J connectivity index is 1.53. The molecule has 0 atom stereocenters. The van der Waals surface area contributed by atoms with Gasteiger partial charge in [-0.3, -0.25) is 14.4 Å². The second-order valence-electron chi connectivity index (χ2n) is 5.99. The van der Waals surface area contributed by atoms with Gasteiger partial charge in [-0.15, -0.1) is 5.10 Å². The van der Waals surface area contributed by atoms with E-state index in [1.165, 1.54) is 4.68 Å². The molecule has 1 amide bonds. The minimum atomic E-state index is -2.82. The molecule has 3 heterocycles. The minimum Gasteiger partial charge on any atom is -0.335 e. The van der Waals surface area contributed by atoms with Crippen molar-refractivity contribution in [1.29, 1.82) is 0 Å². The van der Waals surface area contributed by atoms with Crippen molar-refractivity contribution in [3.8, 4) is 0 Å². The first kappa shape index (κ1) is 15.4. The Morgan fingerprint density at radius 3 is 2.36 bits per heavy atom. The maximum Gasteiger partial charge on any atom is 0.276 e. The molecule has 0 unspecified atom stereocenters. The van der Waals surface area contributed by atoms with E-state index in [2.05, 4.69) is 15.2 Å². The van der Waals surface area contributed by atoms with Crippen LogP contribution in [0.2, 0.25) is 0 Å². The summed E-state index contributed by atoms with van der Waals surface area (Å²) in [5.74, 6) is 0.492. The largest absolute Gasteiger partial charge is 0.335 e. The molecule has 0 saturated carbocycles. The van der Waals surface area contributed by atoms with Crippen molar-refractivity contribution in [3.63, 3.8) is 0 Å². The van der Waals surface area contributed by atoms with E-state index in [0.717, 1.165) is 13.1 Å². The average Bonchev–Trinajstić information content (AvgIpc) is 2.93. The van der Waals surface area contributed by atoms with E-state index in [0.29, 0.717) is 37.7 Å². The van der Waals surface area contributed by atoms with E-state index in [1.807, 2.05) is 0 Å². The van der Waals surface area contributed by atoms with E-state index in [4.69, 9.17) is 0 Å². The van der Waals surface area contributed by atoms with Crippen LogP contribution in [0, 0.1) is 0 Å². The SMILES string of the molecule is Cn1cc(C(=O)N2CCN(C3CCS(=O)(=O)CC3)CC2)nn1. The summed E-state index contributed by atoms with van der Waals surface area (Å²) in [7, 11) is -1.09. The fraction of sp³-hybridized carbons (Fsp3) is 0.769. The molecule has 122 valence electrons. The first-order chi connectivity index (χ1) is 10.4. The molecule has 0 radical (unpaired) electrons. The van der Waals surface area contributed by atoms with Crippen molar-refractivity contribution in [3.05, 3.63) is 11.9 Å². The van der Waals surface area contributed by atoms with Gasteiger partial charge in [0.05, 0.1) is 17.7 Å². The summed E-state index contributed by atoms with van der Waals surface area (Å²) in [5.41, 5.74) is 0.375. The molecule has 0 N–H and O–H groups in total. The second kappa shape index (κ2) is 5.96. The summed E-state index contributed by atoms with van der Waals surface area (Å²) in [6.45, 7) is 2.88. The molecule has 2 fully saturated rings. The van der Waals surface area contributed by atoms with Crippen molar-refractivity contribution in [2.75, 3.05) is 37.7 Å². The lowest BCUT2D eigenvalue weighted by Gasteiger charge is -2.40. The number of aryl methyl sites for hydroxylation is 1. The Hall–Kier alpha value is -1.48. The monoisotopic (exact) mass is 327 g/mol. The van der Waals surface area contributed by atoms with Gasteiger partial charge in [0.2, 0.25) is 0 Å². The first-order valence-electron chi connectivity index (χ1n) is 7.55. The predicted molar refractivity (Wildman–Crippen MR) is 80.2 cm³/mol. The molecule has 0 spiro atoms. The van der Waals surface area contributed by atoms with Gasteiger partial charge in [-0.1, -0.05) is 5.21 Å². The van der Waals surface area contributed by atoms with Crippen LogP contribution in [0.3, 0.4) is 0 Å². The third-order valence-electron chi connectivity index (χ3n) is 4.46. The van der Waals surface area contributed by atoms with E-state index in [9.17, 15) is 13.2 Å². The lowest BCUT2D eigenvalue weighted by Crippen LogP contribution is -2.53. The summed E-state index contributed by atoms with van der Waals surface area (Å²) < 4.78 is 24.5. The van der Waals surface area contributed by atoms with E-state index < -0.39 is 9.84 Å². The van der Waals surface area contributed by atoms with E-state index in [1.54, 1.807) is 18.1 Å². The Kier molecular flexibility index (Phi) is 4.18. The van der Waals surface area contributed by atoms with Crippen molar-refractivity contribution in [2.45, 2.75) is 18.9 Å². The van der Waals surface area contributed by atoms with Gasteiger partial charge in [-0.25, -0.2) is 8.42 Å². The van der Waals surface area contributed by atoms with E-state index in [-0.39, 0.29) is 17.4 Å². The van der Waals surface area contributed by atoms with Crippen LogP contribution in [-0.2, 0) is 16.9 Å². The Labute approximate surface area is 130 Å². The number of nitrogens with zero attached hydrogens (tertiary/aromatic N) is 5. The fourth-order valence-electron chi connectivity index (χ4n) is 3.14. The number of hydrogen-bond donors (Lipinski definition) is 0. The third kappa shape index (κ3) is 3.30. The van der Waals surface area contributed by atoms with Crippen LogP contribution in [0.15, 0.2) is 6.20 Å². The van der Waals surface area contributed by atoms with Gasteiger partial charge < -0.3 is 4.90 Å². The first-order valence-corrected chi connectivity index (χ1v) is 9.37. The van der Waals surface area contributed by atoms with Gasteiger partial charge >= 0.3 is 0 Å². The van der Waals surface area contributed by atoms with Crippen LogP contribution < -0.4 is 0 Å². The van der Waals surface area contributed by atoms with Gasteiger partial charge in [0.15, 0.2) is 5.69 Å². The number of carbonyl (C=O) groups is 1. The van der Waals surface area contributed by atoms with Crippen LogP contribution in [0.5, 0.6) is 0 Å². The highest BCUT2D eigenvalue weighted by atomic mass is 32.2. The molecule has 2 aliphatic heterocycles. The summed E-state index contributed by atoms with van der Waals surface area (Å²) in [6.07, 6.45) is 3.04. The molecule has 1 aromatic heterocycles. The zero-order valence-corrected chi connectivity index (χ0v) is 13.5. The van der Waals surface area contributed by atoms with Crippen LogP contribution in [0.1, 0.15) is 23.3 Å². The highest BCUT2D eigenvalue weighted by Crippen LogP contribution is 2.20. The third-order valence-corrected chi connectivity index (χ3v) is 6.18. The van der Waals surface area contributed by atoms with Crippen LogP contribution in [0.4, 0.5) is 0 Å². The maximum absolute atomic E-state index is 12.3. The van der Waals surface area contributed by atoms with Crippen LogP contribution in [0.25, 0.3) is 0 Å². The number of aromatic nitrogens is 3. The predicted octanol–water partition coefficient (Wildman–Crippen LogP) is -0.850. The zero-order chi connectivity index (χ0) is 15.7. The topological polar surface area (TPSA) is 88.4 Å². The molecule has 2 saturated heterocycles. The molecule has 3 rings (SSSR count). The van der Waals surface area contributed by atoms with Gasteiger partial charge in [-0.05, 0) is 12.8 Å². The van der Waals surface area contributed by atoms with Gasteiger partial charge in [-0.2, -0.15) is 0 Å². The molecule has 8 nitrogen and oxygen atoms in total. The van der Waals surface area contributed by atoms with Crippen molar-refractivity contribution >= 4 is 15.7 Å². The summed E-state index contributed by atoms with van der Waals surface area (Å²) >= 11 is 0. The van der Waals surface area contributed by atoms with Crippen molar-refractivity contribution < 1.29 is 13.2 Å². The van der Waals surface area contributed by atoms with Gasteiger partial charge in [0.1, 0.15) is 9.84 Å². The quantitative estimate of drug-likeness (QED) is 0.703. The van der Waals surface area contributed by atoms with Crippen LogP contribution in [-0.4, -0.2) is 82.8 Å². The molecule has 22 heavy (non-hydrogen) atoms. The number of hydrogen-bond acceptors (Lipinski definition) is 6. The van der Waals surface area contributed by atoms with Crippen LogP contribution >= 0.6 is 0 Å². The molecular formula is C13H21N5O3S. The molecule has 2 aliphatic rings. The summed E-state index contributed by atoms with van der Waals surface area (Å²) in [4.78, 5) is 16.4. The Morgan fingerprint density at radius 2 is 1.82 bits per heavy atom. The summed E-state index contributed by atoms with van der Waals surface area (Å²) in [6, 6.07) is 0.331. The zero-order valence-electron chi connectivity index (χ0n) is 12.7. The number of piperazine rings is 1. The second-order valence-corrected chi connectivity index (χ2v) is 8.29. The Bertz CT molecular complexity index is 634. The smallest absolute Gasteiger partial charge is 0.276 e. The molecule has 0 bridgehead atoms. The summed E-state index contributed by atoms with van der Waals surface area (Å²) in [5, 5.41) is 7.64.